The van der Waals surface area contributed by atoms with Gasteiger partial charge in [0.15, 0.2) is 0 Å². The summed E-state index contributed by atoms with van der Waals surface area (Å²) in [4.78, 5) is 0. The molecule has 0 unspecified atom stereocenters. The van der Waals surface area contributed by atoms with Crippen molar-refractivity contribution in [1.82, 2.24) is 0 Å². The van der Waals surface area contributed by atoms with Crippen LogP contribution in [0.1, 0.15) is 29.7 Å². The SMILES string of the molecule is Cc1ccc([C@@H](C)N)c(OCc2ccc(F)cc2Br)c1. The highest BCUT2D eigenvalue weighted by molar-refractivity contribution is 9.10. The van der Waals surface area contributed by atoms with Gasteiger partial charge in [-0.3, -0.25) is 0 Å². The van der Waals surface area contributed by atoms with Crippen LogP contribution >= 0.6 is 15.9 Å². The summed E-state index contributed by atoms with van der Waals surface area (Å²) in [7, 11) is 0. The molecule has 0 saturated heterocycles. The van der Waals surface area contributed by atoms with Crippen LogP contribution in [0.5, 0.6) is 5.75 Å². The number of aryl methyl sites for hydroxylation is 1. The summed E-state index contributed by atoms with van der Waals surface area (Å²) in [5, 5.41) is 0. The molecule has 0 aliphatic rings. The molecule has 4 heteroatoms. The zero-order chi connectivity index (χ0) is 14.7. The largest absolute Gasteiger partial charge is 0.489 e. The third-order valence-electron chi connectivity index (χ3n) is 3.06. The minimum atomic E-state index is -0.271. The number of halogens is 2. The monoisotopic (exact) mass is 337 g/mol. The van der Waals surface area contributed by atoms with E-state index in [2.05, 4.69) is 15.9 Å². The molecule has 2 N–H and O–H groups in total. The van der Waals surface area contributed by atoms with Gasteiger partial charge < -0.3 is 10.5 Å². The van der Waals surface area contributed by atoms with Crippen molar-refractivity contribution in [2.45, 2.75) is 26.5 Å². The highest BCUT2D eigenvalue weighted by Crippen LogP contribution is 2.27. The van der Waals surface area contributed by atoms with Gasteiger partial charge in [-0.05, 0) is 37.6 Å². The molecule has 0 radical (unpaired) electrons. The zero-order valence-electron chi connectivity index (χ0n) is 11.5. The van der Waals surface area contributed by atoms with Crippen molar-refractivity contribution >= 4 is 15.9 Å². The molecule has 20 heavy (non-hydrogen) atoms. The molecule has 0 heterocycles. The Bertz CT molecular complexity index is 613. The van der Waals surface area contributed by atoms with Gasteiger partial charge in [0, 0.05) is 21.6 Å². The number of nitrogens with two attached hydrogens (primary N) is 1. The zero-order valence-corrected chi connectivity index (χ0v) is 13.1. The lowest BCUT2D eigenvalue weighted by Crippen LogP contribution is -2.08. The van der Waals surface area contributed by atoms with Crippen molar-refractivity contribution in [3.8, 4) is 5.75 Å². The maximum absolute atomic E-state index is 13.0. The van der Waals surface area contributed by atoms with Gasteiger partial charge in [0.05, 0.1) is 0 Å². The second-order valence-electron chi connectivity index (χ2n) is 4.85. The highest BCUT2D eigenvalue weighted by atomic mass is 79.9. The van der Waals surface area contributed by atoms with E-state index in [0.717, 1.165) is 22.4 Å². The van der Waals surface area contributed by atoms with E-state index in [9.17, 15) is 4.39 Å². The molecule has 2 aromatic carbocycles. The Kier molecular flexibility index (Phi) is 4.78. The predicted octanol–water partition coefficient (Wildman–Crippen LogP) is 4.50. The first-order chi connectivity index (χ1) is 9.47. The third kappa shape index (κ3) is 3.58. The second-order valence-corrected chi connectivity index (χ2v) is 5.71. The fourth-order valence-corrected chi connectivity index (χ4v) is 2.40. The molecular weight excluding hydrogens is 321 g/mol. The highest BCUT2D eigenvalue weighted by Gasteiger charge is 2.09. The molecule has 106 valence electrons. The number of hydrogen-bond donors (Lipinski definition) is 1. The van der Waals surface area contributed by atoms with Gasteiger partial charge in [0.1, 0.15) is 18.2 Å². The predicted molar refractivity (Wildman–Crippen MR) is 82.2 cm³/mol. The molecule has 2 nitrogen and oxygen atoms in total. The van der Waals surface area contributed by atoms with Gasteiger partial charge in [-0.15, -0.1) is 0 Å². The summed E-state index contributed by atoms with van der Waals surface area (Å²) < 4.78 is 19.6. The molecule has 2 aromatic rings. The summed E-state index contributed by atoms with van der Waals surface area (Å²) in [6, 6.07) is 10.4. The molecule has 0 aliphatic heterocycles. The molecule has 0 amide bonds. The van der Waals surface area contributed by atoms with E-state index < -0.39 is 0 Å². The number of benzene rings is 2. The lowest BCUT2D eigenvalue weighted by molar-refractivity contribution is 0.300. The first-order valence-electron chi connectivity index (χ1n) is 6.40. The number of hydrogen-bond acceptors (Lipinski definition) is 2. The van der Waals surface area contributed by atoms with Crippen molar-refractivity contribution in [1.29, 1.82) is 0 Å². The van der Waals surface area contributed by atoms with E-state index in [4.69, 9.17) is 10.5 Å². The van der Waals surface area contributed by atoms with Crippen LogP contribution in [0.4, 0.5) is 4.39 Å². The fraction of sp³-hybridized carbons (Fsp3) is 0.250. The minimum absolute atomic E-state index is 0.0951. The Labute approximate surface area is 126 Å². The average Bonchev–Trinajstić information content (AvgIpc) is 2.37. The lowest BCUT2D eigenvalue weighted by atomic mass is 10.1. The van der Waals surface area contributed by atoms with Crippen molar-refractivity contribution in [2.24, 2.45) is 5.73 Å². The molecule has 1 atom stereocenters. The van der Waals surface area contributed by atoms with Crippen LogP contribution in [0, 0.1) is 12.7 Å². The van der Waals surface area contributed by atoms with Gasteiger partial charge in [0.2, 0.25) is 0 Å². The Morgan fingerprint density at radius 2 is 2.00 bits per heavy atom. The fourth-order valence-electron chi connectivity index (χ4n) is 1.94. The third-order valence-corrected chi connectivity index (χ3v) is 3.80. The molecule has 2 rings (SSSR count). The van der Waals surface area contributed by atoms with Crippen molar-refractivity contribution in [2.75, 3.05) is 0 Å². The van der Waals surface area contributed by atoms with Gasteiger partial charge in [-0.1, -0.05) is 34.1 Å². The molecule has 0 saturated carbocycles. The topological polar surface area (TPSA) is 35.2 Å². The molecule has 0 fully saturated rings. The van der Waals surface area contributed by atoms with Gasteiger partial charge in [0.25, 0.3) is 0 Å². The van der Waals surface area contributed by atoms with Crippen LogP contribution in [-0.2, 0) is 6.61 Å². The number of rotatable bonds is 4. The number of ether oxygens (including phenoxy) is 1. The Balaban J connectivity index is 2.20. The summed E-state index contributed by atoms with van der Waals surface area (Å²) in [6.45, 7) is 4.29. The van der Waals surface area contributed by atoms with E-state index in [1.807, 2.05) is 32.0 Å². The smallest absolute Gasteiger partial charge is 0.124 e. The second kappa shape index (κ2) is 6.37. The van der Waals surface area contributed by atoms with Crippen molar-refractivity contribution in [3.05, 3.63) is 63.4 Å². The van der Waals surface area contributed by atoms with Gasteiger partial charge in [-0.25, -0.2) is 4.39 Å². The first-order valence-corrected chi connectivity index (χ1v) is 7.19. The normalized spacial score (nSPS) is 12.2. The van der Waals surface area contributed by atoms with Gasteiger partial charge >= 0.3 is 0 Å². The van der Waals surface area contributed by atoms with E-state index in [1.54, 1.807) is 6.07 Å². The summed E-state index contributed by atoms with van der Waals surface area (Å²) in [5.74, 6) is 0.503. The minimum Gasteiger partial charge on any atom is -0.489 e. The molecular formula is C16H17BrFNO. The molecule has 0 bridgehead atoms. The van der Waals surface area contributed by atoms with E-state index >= 15 is 0 Å². The summed E-state index contributed by atoms with van der Waals surface area (Å²) >= 11 is 3.34. The Hall–Kier alpha value is -1.39. The van der Waals surface area contributed by atoms with Crippen LogP contribution in [0.2, 0.25) is 0 Å². The van der Waals surface area contributed by atoms with E-state index in [1.165, 1.54) is 12.1 Å². The van der Waals surface area contributed by atoms with Crippen LogP contribution in [-0.4, -0.2) is 0 Å². The van der Waals surface area contributed by atoms with Crippen LogP contribution < -0.4 is 10.5 Å². The van der Waals surface area contributed by atoms with E-state index in [-0.39, 0.29) is 11.9 Å². The summed E-state index contributed by atoms with van der Waals surface area (Å²) in [5.41, 5.74) is 8.92. The van der Waals surface area contributed by atoms with Crippen LogP contribution in [0.25, 0.3) is 0 Å². The molecule has 0 aromatic heterocycles. The maximum atomic E-state index is 13.0. The first kappa shape index (κ1) is 15.0. The summed E-state index contributed by atoms with van der Waals surface area (Å²) in [6.07, 6.45) is 0. The standard InChI is InChI=1S/C16H17BrFNO/c1-10-3-6-14(11(2)19)16(7-10)20-9-12-4-5-13(18)8-15(12)17/h3-8,11H,9,19H2,1-2H3/t11-/m1/s1. The maximum Gasteiger partial charge on any atom is 0.124 e. The van der Waals surface area contributed by atoms with E-state index in [0.29, 0.717) is 11.1 Å². The van der Waals surface area contributed by atoms with Gasteiger partial charge in [-0.2, -0.15) is 0 Å². The Morgan fingerprint density at radius 1 is 1.25 bits per heavy atom. The van der Waals surface area contributed by atoms with Crippen molar-refractivity contribution < 1.29 is 9.13 Å². The molecule has 0 spiro atoms. The molecule has 0 aliphatic carbocycles. The lowest BCUT2D eigenvalue weighted by Gasteiger charge is -2.15. The van der Waals surface area contributed by atoms with Crippen LogP contribution in [0.15, 0.2) is 40.9 Å². The Morgan fingerprint density at radius 3 is 2.65 bits per heavy atom. The quantitative estimate of drug-likeness (QED) is 0.891. The van der Waals surface area contributed by atoms with Crippen LogP contribution in [0.3, 0.4) is 0 Å². The van der Waals surface area contributed by atoms with Crippen molar-refractivity contribution in [3.63, 3.8) is 0 Å². The average molecular weight is 338 g/mol.